The predicted octanol–water partition coefficient (Wildman–Crippen LogP) is 1.83. The van der Waals surface area contributed by atoms with Crippen LogP contribution in [0.4, 0.5) is 0 Å². The maximum Gasteiger partial charge on any atom is 0.220 e. The van der Waals surface area contributed by atoms with E-state index in [4.69, 9.17) is 9.52 Å². The van der Waals surface area contributed by atoms with Crippen LogP contribution in [0.25, 0.3) is 0 Å². The molecule has 1 fully saturated rings. The van der Waals surface area contributed by atoms with Crippen molar-refractivity contribution < 1.29 is 14.3 Å². The third-order valence-corrected chi connectivity index (χ3v) is 3.44. The number of furan rings is 1. The van der Waals surface area contributed by atoms with Crippen LogP contribution in [0.15, 0.2) is 16.5 Å². The lowest BCUT2D eigenvalue weighted by molar-refractivity contribution is -0.122. The molecule has 1 aromatic rings. The molecule has 0 radical (unpaired) electrons. The first-order valence-corrected chi connectivity index (χ1v) is 6.59. The highest BCUT2D eigenvalue weighted by Gasteiger charge is 2.36. The molecule has 18 heavy (non-hydrogen) atoms. The summed E-state index contributed by atoms with van der Waals surface area (Å²) in [6, 6.07) is 3.80. The zero-order valence-electron chi connectivity index (χ0n) is 11.0. The zero-order valence-corrected chi connectivity index (χ0v) is 11.0. The Labute approximate surface area is 107 Å². The summed E-state index contributed by atoms with van der Waals surface area (Å²) in [7, 11) is 0. The number of carbonyl (C=O) groups excluding carboxylic acids is 1. The number of amides is 1. The molecule has 1 saturated carbocycles. The Morgan fingerprint density at radius 2 is 2.33 bits per heavy atom. The first-order valence-electron chi connectivity index (χ1n) is 6.59. The fraction of sp³-hybridized carbons (Fsp3) is 0.643. The van der Waals surface area contributed by atoms with Gasteiger partial charge in [0.15, 0.2) is 0 Å². The third-order valence-electron chi connectivity index (χ3n) is 3.44. The minimum atomic E-state index is -0.183. The number of rotatable bonds is 6. The van der Waals surface area contributed by atoms with E-state index >= 15 is 0 Å². The summed E-state index contributed by atoms with van der Waals surface area (Å²) < 4.78 is 5.73. The molecule has 100 valence electrons. The Morgan fingerprint density at radius 1 is 1.61 bits per heavy atom. The number of hydrogen-bond acceptors (Lipinski definition) is 3. The van der Waals surface area contributed by atoms with Gasteiger partial charge in [-0.25, -0.2) is 0 Å². The van der Waals surface area contributed by atoms with Crippen LogP contribution in [0.3, 0.4) is 0 Å². The SMILES string of the molecule is CC1CC1c1ccc(CCC(=O)N[C@@H](C)CO)o1. The van der Waals surface area contributed by atoms with Crippen LogP contribution in [-0.2, 0) is 11.2 Å². The highest BCUT2D eigenvalue weighted by atomic mass is 16.3. The molecule has 0 bridgehead atoms. The molecular weight excluding hydrogens is 230 g/mol. The van der Waals surface area contributed by atoms with Gasteiger partial charge in [-0.2, -0.15) is 0 Å². The summed E-state index contributed by atoms with van der Waals surface area (Å²) in [6.07, 6.45) is 2.23. The topological polar surface area (TPSA) is 62.5 Å². The van der Waals surface area contributed by atoms with Crippen molar-refractivity contribution in [2.45, 2.75) is 45.1 Å². The highest BCUT2D eigenvalue weighted by molar-refractivity contribution is 5.76. The maximum absolute atomic E-state index is 11.5. The summed E-state index contributed by atoms with van der Waals surface area (Å²) in [5, 5.41) is 11.6. The van der Waals surface area contributed by atoms with Crippen LogP contribution < -0.4 is 5.32 Å². The molecule has 1 amide bonds. The van der Waals surface area contributed by atoms with Crippen LogP contribution >= 0.6 is 0 Å². The average Bonchev–Trinajstić information content (AvgIpc) is 2.90. The van der Waals surface area contributed by atoms with E-state index in [1.165, 1.54) is 6.42 Å². The Hall–Kier alpha value is -1.29. The molecule has 2 N–H and O–H groups in total. The largest absolute Gasteiger partial charge is 0.466 e. The van der Waals surface area contributed by atoms with E-state index in [1.807, 2.05) is 12.1 Å². The molecule has 4 heteroatoms. The van der Waals surface area contributed by atoms with Crippen LogP contribution in [0.5, 0.6) is 0 Å². The van der Waals surface area contributed by atoms with Gasteiger partial charge in [0.2, 0.25) is 5.91 Å². The second-order valence-electron chi connectivity index (χ2n) is 5.27. The van der Waals surface area contributed by atoms with Crippen molar-refractivity contribution in [2.24, 2.45) is 5.92 Å². The second kappa shape index (κ2) is 5.57. The molecule has 0 spiro atoms. The number of aliphatic hydroxyl groups is 1. The van der Waals surface area contributed by atoms with Crippen molar-refractivity contribution in [2.75, 3.05) is 6.61 Å². The Kier molecular flexibility index (Phi) is 4.07. The number of carbonyl (C=O) groups is 1. The highest BCUT2D eigenvalue weighted by Crippen LogP contribution is 2.47. The fourth-order valence-corrected chi connectivity index (χ4v) is 2.08. The molecule has 2 unspecified atom stereocenters. The number of aliphatic hydroxyl groups excluding tert-OH is 1. The van der Waals surface area contributed by atoms with Crippen molar-refractivity contribution in [1.82, 2.24) is 5.32 Å². The summed E-state index contributed by atoms with van der Waals surface area (Å²) in [5.74, 6) is 3.20. The van der Waals surface area contributed by atoms with Gasteiger partial charge in [-0.1, -0.05) is 6.92 Å². The van der Waals surface area contributed by atoms with Crippen molar-refractivity contribution in [3.63, 3.8) is 0 Å². The van der Waals surface area contributed by atoms with Gasteiger partial charge in [-0.05, 0) is 31.4 Å². The summed E-state index contributed by atoms with van der Waals surface area (Å²) >= 11 is 0. The summed E-state index contributed by atoms with van der Waals surface area (Å²) in [5.41, 5.74) is 0. The van der Waals surface area contributed by atoms with E-state index in [0.29, 0.717) is 18.8 Å². The minimum absolute atomic E-state index is 0.0315. The average molecular weight is 251 g/mol. The van der Waals surface area contributed by atoms with Gasteiger partial charge in [0.25, 0.3) is 0 Å². The van der Waals surface area contributed by atoms with Crippen molar-refractivity contribution >= 4 is 5.91 Å². The number of aryl methyl sites for hydroxylation is 1. The van der Waals surface area contributed by atoms with Crippen molar-refractivity contribution in [1.29, 1.82) is 0 Å². The first kappa shape index (κ1) is 13.1. The van der Waals surface area contributed by atoms with Gasteiger partial charge < -0.3 is 14.8 Å². The third kappa shape index (κ3) is 3.35. The normalized spacial score (nSPS) is 23.7. The van der Waals surface area contributed by atoms with Gasteiger partial charge in [0.05, 0.1) is 6.61 Å². The van der Waals surface area contributed by atoms with E-state index < -0.39 is 0 Å². The minimum Gasteiger partial charge on any atom is -0.466 e. The number of hydrogen-bond donors (Lipinski definition) is 2. The van der Waals surface area contributed by atoms with Crippen LogP contribution in [0.1, 0.15) is 44.1 Å². The van der Waals surface area contributed by atoms with Crippen molar-refractivity contribution in [3.05, 3.63) is 23.7 Å². The Balaban J connectivity index is 1.76. The predicted molar refractivity (Wildman–Crippen MR) is 68.2 cm³/mol. The Morgan fingerprint density at radius 3 is 2.94 bits per heavy atom. The molecule has 0 saturated heterocycles. The first-order chi connectivity index (χ1) is 8.60. The molecule has 1 aliphatic rings. The van der Waals surface area contributed by atoms with E-state index in [2.05, 4.69) is 12.2 Å². The molecule has 2 rings (SSSR count). The lowest BCUT2D eigenvalue weighted by Gasteiger charge is -2.09. The molecule has 0 aromatic carbocycles. The molecule has 4 nitrogen and oxygen atoms in total. The molecule has 3 atom stereocenters. The molecule has 1 heterocycles. The maximum atomic E-state index is 11.5. The fourth-order valence-electron chi connectivity index (χ4n) is 2.08. The van der Waals surface area contributed by atoms with E-state index in [0.717, 1.165) is 17.4 Å². The quantitative estimate of drug-likeness (QED) is 0.811. The van der Waals surface area contributed by atoms with Gasteiger partial charge in [0.1, 0.15) is 11.5 Å². The molecule has 1 aromatic heterocycles. The Bertz CT molecular complexity index is 413. The summed E-state index contributed by atoms with van der Waals surface area (Å²) in [4.78, 5) is 11.5. The van der Waals surface area contributed by atoms with Crippen molar-refractivity contribution in [3.8, 4) is 0 Å². The van der Waals surface area contributed by atoms with E-state index in [9.17, 15) is 4.79 Å². The number of nitrogens with one attached hydrogen (secondary N) is 1. The van der Waals surface area contributed by atoms with Gasteiger partial charge >= 0.3 is 0 Å². The van der Waals surface area contributed by atoms with Gasteiger partial charge in [0, 0.05) is 24.8 Å². The standard InChI is InChI=1S/C14H21NO3/c1-9-7-12(9)13-5-3-11(18-13)4-6-14(17)15-10(2)8-16/h3,5,9-10,12,16H,4,6-8H2,1-2H3,(H,15,17)/t9?,10-,12?/m0/s1. The van der Waals surface area contributed by atoms with E-state index in [1.54, 1.807) is 6.92 Å². The van der Waals surface area contributed by atoms with Gasteiger partial charge in [-0.15, -0.1) is 0 Å². The van der Waals surface area contributed by atoms with E-state index in [-0.39, 0.29) is 18.6 Å². The molecule has 1 aliphatic carbocycles. The zero-order chi connectivity index (χ0) is 13.1. The monoisotopic (exact) mass is 251 g/mol. The van der Waals surface area contributed by atoms with Gasteiger partial charge in [-0.3, -0.25) is 4.79 Å². The second-order valence-corrected chi connectivity index (χ2v) is 5.27. The smallest absolute Gasteiger partial charge is 0.220 e. The van der Waals surface area contributed by atoms with Crippen LogP contribution in [0, 0.1) is 5.92 Å². The molecule has 0 aliphatic heterocycles. The lowest BCUT2D eigenvalue weighted by Crippen LogP contribution is -2.35. The summed E-state index contributed by atoms with van der Waals surface area (Å²) in [6.45, 7) is 3.96. The molecular formula is C14H21NO3. The van der Waals surface area contributed by atoms with Crippen LogP contribution in [-0.4, -0.2) is 23.7 Å². The lowest BCUT2D eigenvalue weighted by atomic mass is 10.2. The van der Waals surface area contributed by atoms with Crippen LogP contribution in [0.2, 0.25) is 0 Å².